The number of anilines is 2. The smallest absolute Gasteiger partial charge is 0.319 e. The summed E-state index contributed by atoms with van der Waals surface area (Å²) in [5.74, 6) is 0.194. The van der Waals surface area contributed by atoms with E-state index in [4.69, 9.17) is 10.5 Å². The maximum atomic E-state index is 13.9. The molecule has 0 spiro atoms. The molecule has 4 amide bonds. The van der Waals surface area contributed by atoms with Crippen LogP contribution in [0.1, 0.15) is 60.4 Å². The standard InChI is InChI=1S/C36H30N6O5/c1-47-18-2-3-22-23(14-18)19-8-12-41(32(19)17-33(22)43)35(45)29-15-24-20-9-11-40(30(20)6-4-26(24)39-29)34(44)28-16-25-21-10-13-42(36(37)46)31(21)7-5-27(25)38-28/h2-7,14-17,19,38-39H,8-13H2,1H3,(H2,37,46). The number of ether oxygens (including phenoxy) is 1. The van der Waals surface area contributed by atoms with Crippen molar-refractivity contribution in [1.82, 2.24) is 14.9 Å². The summed E-state index contributed by atoms with van der Waals surface area (Å²) in [4.78, 5) is 64.3. The topological polar surface area (TPSA) is 145 Å². The summed E-state index contributed by atoms with van der Waals surface area (Å²) in [7, 11) is 1.60. The number of carbonyl (C=O) groups is 4. The zero-order valence-electron chi connectivity index (χ0n) is 25.6. The molecule has 0 saturated carbocycles. The number of hydrogen-bond donors (Lipinski definition) is 3. The van der Waals surface area contributed by atoms with Crippen LogP contribution in [-0.4, -0.2) is 65.2 Å². The number of aromatic amines is 2. The van der Waals surface area contributed by atoms with E-state index in [1.807, 2.05) is 42.5 Å². The van der Waals surface area contributed by atoms with Gasteiger partial charge in [0.15, 0.2) is 5.78 Å². The van der Waals surface area contributed by atoms with E-state index in [1.165, 1.54) is 0 Å². The molecule has 5 aromatic rings. The van der Waals surface area contributed by atoms with E-state index in [0.717, 1.165) is 56.3 Å². The second-order valence-corrected chi connectivity index (χ2v) is 12.5. The highest BCUT2D eigenvalue weighted by Gasteiger charge is 2.39. The van der Waals surface area contributed by atoms with Gasteiger partial charge in [-0.3, -0.25) is 19.3 Å². The van der Waals surface area contributed by atoms with Crippen molar-refractivity contribution in [2.45, 2.75) is 25.2 Å². The maximum Gasteiger partial charge on any atom is 0.319 e. The van der Waals surface area contributed by atoms with E-state index in [-0.39, 0.29) is 23.5 Å². The van der Waals surface area contributed by atoms with Gasteiger partial charge < -0.3 is 30.2 Å². The molecule has 11 nitrogen and oxygen atoms in total. The Kier molecular flexibility index (Phi) is 5.74. The first-order valence-electron chi connectivity index (χ1n) is 15.7. The molecule has 1 atom stereocenters. The third kappa shape index (κ3) is 3.92. The van der Waals surface area contributed by atoms with Gasteiger partial charge in [0, 0.05) is 76.1 Å². The quantitative estimate of drug-likeness (QED) is 0.258. The van der Waals surface area contributed by atoms with Crippen molar-refractivity contribution in [2.24, 2.45) is 5.73 Å². The molecule has 2 aromatic heterocycles. The SMILES string of the molecule is COc1ccc2c(c1)C1CCN(C(=O)c3cc4c5c(ccc4[nH]3)N(C(=O)c3cc4c6c(ccc4[nH]3)N(C(N)=O)CC6)CC5)C1=CC2=O. The van der Waals surface area contributed by atoms with E-state index in [9.17, 15) is 19.2 Å². The highest BCUT2D eigenvalue weighted by atomic mass is 16.5. The van der Waals surface area contributed by atoms with Gasteiger partial charge in [-0.05, 0) is 90.6 Å². The van der Waals surface area contributed by atoms with Crippen LogP contribution in [0.5, 0.6) is 5.75 Å². The highest BCUT2D eigenvalue weighted by Crippen LogP contribution is 2.44. The minimum atomic E-state index is -0.484. The second kappa shape index (κ2) is 9.83. The Morgan fingerprint density at radius 3 is 2.04 bits per heavy atom. The lowest BCUT2D eigenvalue weighted by molar-refractivity contribution is 0.0818. The fourth-order valence-electron chi connectivity index (χ4n) is 8.01. The summed E-state index contributed by atoms with van der Waals surface area (Å²) in [6.45, 7) is 1.53. The normalized spacial score (nSPS) is 18.0. The Labute approximate surface area is 268 Å². The van der Waals surface area contributed by atoms with Gasteiger partial charge in [-0.15, -0.1) is 0 Å². The first-order valence-corrected chi connectivity index (χ1v) is 15.7. The first kappa shape index (κ1) is 27.5. The molecule has 1 unspecified atom stereocenters. The lowest BCUT2D eigenvalue weighted by Crippen LogP contribution is -2.33. The largest absolute Gasteiger partial charge is 0.497 e. The number of likely N-dealkylation sites (tertiary alicyclic amines) is 1. The summed E-state index contributed by atoms with van der Waals surface area (Å²) in [5.41, 5.74) is 14.0. The fraction of sp³-hybridized carbons (Fsp3) is 0.222. The van der Waals surface area contributed by atoms with Crippen molar-refractivity contribution in [3.8, 4) is 5.75 Å². The second-order valence-electron chi connectivity index (χ2n) is 12.5. The number of urea groups is 1. The van der Waals surface area contributed by atoms with Gasteiger partial charge in [0.05, 0.1) is 7.11 Å². The van der Waals surface area contributed by atoms with Gasteiger partial charge in [-0.2, -0.15) is 0 Å². The number of ketones is 1. The lowest BCUT2D eigenvalue weighted by Gasteiger charge is -2.25. The third-order valence-corrected chi connectivity index (χ3v) is 10.2. The molecule has 0 bridgehead atoms. The number of carbonyl (C=O) groups excluding carboxylic acids is 4. The van der Waals surface area contributed by atoms with Crippen LogP contribution in [0.4, 0.5) is 16.2 Å². The molecule has 11 heteroatoms. The lowest BCUT2D eigenvalue weighted by atomic mass is 9.84. The number of allylic oxidation sites excluding steroid dienone is 2. The van der Waals surface area contributed by atoms with Gasteiger partial charge in [0.1, 0.15) is 17.1 Å². The number of H-pyrrole nitrogens is 2. The van der Waals surface area contributed by atoms with Crippen molar-refractivity contribution in [1.29, 1.82) is 0 Å². The number of nitrogens with two attached hydrogens (primary N) is 1. The van der Waals surface area contributed by atoms with Gasteiger partial charge >= 0.3 is 6.03 Å². The number of fused-ring (bicyclic) bond motifs is 9. The Balaban J connectivity index is 1.00. The Morgan fingerprint density at radius 2 is 1.40 bits per heavy atom. The molecule has 1 fully saturated rings. The number of primary amides is 1. The molecule has 1 saturated heterocycles. The molecule has 47 heavy (non-hydrogen) atoms. The van der Waals surface area contributed by atoms with Crippen LogP contribution in [0.2, 0.25) is 0 Å². The van der Waals surface area contributed by atoms with Crippen LogP contribution in [0, 0.1) is 0 Å². The zero-order valence-corrected chi connectivity index (χ0v) is 25.6. The maximum absolute atomic E-state index is 13.9. The number of hydrogen-bond acceptors (Lipinski definition) is 5. The van der Waals surface area contributed by atoms with E-state index in [1.54, 1.807) is 40.0 Å². The van der Waals surface area contributed by atoms with Crippen molar-refractivity contribution >= 4 is 56.8 Å². The van der Waals surface area contributed by atoms with Gasteiger partial charge in [-0.25, -0.2) is 4.79 Å². The molecule has 1 aliphatic carbocycles. The number of aromatic nitrogens is 2. The van der Waals surface area contributed by atoms with Crippen LogP contribution >= 0.6 is 0 Å². The number of nitrogens with zero attached hydrogens (tertiary/aromatic N) is 3. The van der Waals surface area contributed by atoms with Crippen LogP contribution in [0.25, 0.3) is 21.8 Å². The Hall–Kier alpha value is -5.84. The van der Waals surface area contributed by atoms with Gasteiger partial charge in [0.2, 0.25) is 0 Å². The molecule has 5 heterocycles. The van der Waals surface area contributed by atoms with E-state index < -0.39 is 6.03 Å². The van der Waals surface area contributed by atoms with Gasteiger partial charge in [0.25, 0.3) is 11.8 Å². The predicted molar refractivity (Wildman–Crippen MR) is 176 cm³/mol. The van der Waals surface area contributed by atoms with Crippen molar-refractivity contribution < 1.29 is 23.9 Å². The highest BCUT2D eigenvalue weighted by molar-refractivity contribution is 6.12. The summed E-state index contributed by atoms with van der Waals surface area (Å²) in [5, 5.41) is 1.82. The number of amides is 4. The molecule has 4 aliphatic rings. The minimum Gasteiger partial charge on any atom is -0.497 e. The summed E-state index contributed by atoms with van der Waals surface area (Å²) < 4.78 is 5.41. The van der Waals surface area contributed by atoms with Crippen LogP contribution in [-0.2, 0) is 12.8 Å². The fourth-order valence-corrected chi connectivity index (χ4v) is 8.01. The molecular weight excluding hydrogens is 596 g/mol. The molecule has 9 rings (SSSR count). The van der Waals surface area contributed by atoms with Gasteiger partial charge in [-0.1, -0.05) is 0 Å². The molecule has 234 valence electrons. The van der Waals surface area contributed by atoms with Crippen LogP contribution in [0.3, 0.4) is 0 Å². The zero-order chi connectivity index (χ0) is 32.1. The third-order valence-electron chi connectivity index (χ3n) is 10.2. The van der Waals surface area contributed by atoms with E-state index >= 15 is 0 Å². The monoisotopic (exact) mass is 626 g/mol. The first-order chi connectivity index (χ1) is 22.8. The van der Waals surface area contributed by atoms with E-state index in [2.05, 4.69) is 9.97 Å². The molecule has 0 radical (unpaired) electrons. The van der Waals surface area contributed by atoms with Crippen molar-refractivity contribution in [3.63, 3.8) is 0 Å². The van der Waals surface area contributed by atoms with Crippen LogP contribution in [0.15, 0.2) is 66.4 Å². The summed E-state index contributed by atoms with van der Waals surface area (Å²) >= 11 is 0. The Bertz CT molecular complexity index is 2280. The van der Waals surface area contributed by atoms with E-state index in [0.29, 0.717) is 60.9 Å². The molecule has 3 aromatic carbocycles. The van der Waals surface area contributed by atoms with Crippen molar-refractivity contribution in [3.05, 3.63) is 100 Å². The predicted octanol–water partition coefficient (Wildman–Crippen LogP) is 5.01. The molecular formula is C36H30N6O5. The number of benzene rings is 3. The van der Waals surface area contributed by atoms with Crippen molar-refractivity contribution in [2.75, 3.05) is 36.5 Å². The summed E-state index contributed by atoms with van der Waals surface area (Å²) in [6, 6.07) is 16.3. The number of nitrogens with one attached hydrogen (secondary N) is 2. The number of methoxy groups -OCH3 is 1. The van der Waals surface area contributed by atoms with Crippen LogP contribution < -0.4 is 20.3 Å². The number of rotatable bonds is 3. The summed E-state index contributed by atoms with van der Waals surface area (Å²) in [6.07, 6.45) is 3.64. The Morgan fingerprint density at radius 1 is 0.787 bits per heavy atom. The average Bonchev–Trinajstić information content (AvgIpc) is 3.90. The average molecular weight is 627 g/mol. The minimum absolute atomic E-state index is 0.0530. The molecule has 4 N–H and O–H groups in total. The molecule has 3 aliphatic heterocycles.